The lowest BCUT2D eigenvalue weighted by atomic mass is 9.95. The molecule has 0 spiro atoms. The van der Waals surface area contributed by atoms with Gasteiger partial charge in [0.15, 0.2) is 0 Å². The fraction of sp³-hybridized carbons (Fsp3) is 1.00. The summed E-state index contributed by atoms with van der Waals surface area (Å²) in [7, 11) is 0. The average Bonchev–Trinajstić information content (AvgIpc) is 2.87. The van der Waals surface area contributed by atoms with Crippen molar-refractivity contribution < 1.29 is 0 Å². The van der Waals surface area contributed by atoms with Crippen LogP contribution in [0.5, 0.6) is 0 Å². The number of nitrogens with zero attached hydrogens (tertiary/aromatic N) is 1. The first-order valence-corrected chi connectivity index (χ1v) is 6.23. The van der Waals surface area contributed by atoms with Crippen LogP contribution in [-0.4, -0.2) is 37.1 Å². The van der Waals surface area contributed by atoms with E-state index in [2.05, 4.69) is 24.1 Å². The molecule has 2 nitrogen and oxygen atoms in total. The summed E-state index contributed by atoms with van der Waals surface area (Å²) in [5.41, 5.74) is 0. The Morgan fingerprint density at radius 1 is 1.29 bits per heavy atom. The molecule has 1 heterocycles. The van der Waals surface area contributed by atoms with Gasteiger partial charge in [0.05, 0.1) is 0 Å². The predicted octanol–water partition coefficient (Wildman–Crippen LogP) is 1.72. The molecule has 0 aromatic carbocycles. The molecule has 1 aliphatic heterocycles. The third kappa shape index (κ3) is 2.96. The van der Waals surface area contributed by atoms with Crippen molar-refractivity contribution in [2.75, 3.05) is 26.2 Å². The molecule has 0 amide bonds. The van der Waals surface area contributed by atoms with Gasteiger partial charge in [0.2, 0.25) is 0 Å². The van der Waals surface area contributed by atoms with Gasteiger partial charge in [0.25, 0.3) is 0 Å². The van der Waals surface area contributed by atoms with Crippen molar-refractivity contribution in [1.29, 1.82) is 0 Å². The second-order valence-corrected chi connectivity index (χ2v) is 5.26. The largest absolute Gasteiger partial charge is 0.313 e. The molecule has 2 atom stereocenters. The maximum atomic E-state index is 3.60. The lowest BCUT2D eigenvalue weighted by molar-refractivity contribution is 0.145. The van der Waals surface area contributed by atoms with E-state index in [1.165, 1.54) is 38.9 Å². The molecule has 2 unspecified atom stereocenters. The molecule has 1 aliphatic carbocycles. The van der Waals surface area contributed by atoms with Gasteiger partial charge in [-0.3, -0.25) is 0 Å². The minimum Gasteiger partial charge on any atom is -0.313 e. The summed E-state index contributed by atoms with van der Waals surface area (Å²) >= 11 is 0. The minimum absolute atomic E-state index is 0.752. The molecule has 82 valence electrons. The number of likely N-dealkylation sites (tertiary alicyclic amines) is 1. The van der Waals surface area contributed by atoms with Crippen LogP contribution < -0.4 is 5.32 Å². The fourth-order valence-electron chi connectivity index (χ4n) is 2.71. The van der Waals surface area contributed by atoms with Crippen LogP contribution in [0.4, 0.5) is 0 Å². The summed E-state index contributed by atoms with van der Waals surface area (Å²) in [6.45, 7) is 9.71. The van der Waals surface area contributed by atoms with Crippen LogP contribution in [0.2, 0.25) is 0 Å². The van der Waals surface area contributed by atoms with Gasteiger partial charge in [0.1, 0.15) is 0 Å². The standard InChI is InChI=1S/C12H24N2/c1-3-13-12-6-10(2)7-14(9-12)8-11-4-5-11/h10-13H,3-9H2,1-2H3. The zero-order valence-corrected chi connectivity index (χ0v) is 9.63. The first kappa shape index (κ1) is 10.4. The Labute approximate surface area is 88.1 Å². The van der Waals surface area contributed by atoms with E-state index in [-0.39, 0.29) is 0 Å². The highest BCUT2D eigenvalue weighted by atomic mass is 15.2. The van der Waals surface area contributed by atoms with Crippen LogP contribution in [-0.2, 0) is 0 Å². The topological polar surface area (TPSA) is 15.3 Å². The van der Waals surface area contributed by atoms with E-state index in [0.717, 1.165) is 24.4 Å². The first-order valence-electron chi connectivity index (χ1n) is 6.23. The SMILES string of the molecule is CCNC1CC(C)CN(CC2CC2)C1. The summed E-state index contributed by atoms with van der Waals surface area (Å²) < 4.78 is 0. The zero-order chi connectivity index (χ0) is 9.97. The molecule has 0 aromatic heterocycles. The highest BCUT2D eigenvalue weighted by molar-refractivity contribution is 4.85. The number of hydrogen-bond donors (Lipinski definition) is 1. The smallest absolute Gasteiger partial charge is 0.0197 e. The Morgan fingerprint density at radius 3 is 2.71 bits per heavy atom. The van der Waals surface area contributed by atoms with Crippen molar-refractivity contribution in [3.63, 3.8) is 0 Å². The Hall–Kier alpha value is -0.0800. The van der Waals surface area contributed by atoms with Crippen LogP contribution in [0.3, 0.4) is 0 Å². The van der Waals surface area contributed by atoms with Crippen LogP contribution in [0.25, 0.3) is 0 Å². The lowest BCUT2D eigenvalue weighted by Crippen LogP contribution is -2.49. The number of piperidine rings is 1. The number of hydrogen-bond acceptors (Lipinski definition) is 2. The van der Waals surface area contributed by atoms with Gasteiger partial charge in [-0.25, -0.2) is 0 Å². The third-order valence-electron chi connectivity index (χ3n) is 3.44. The maximum Gasteiger partial charge on any atom is 0.0197 e. The molecule has 1 saturated heterocycles. The van der Waals surface area contributed by atoms with E-state index in [1.54, 1.807) is 0 Å². The van der Waals surface area contributed by atoms with Crippen LogP contribution in [0.1, 0.15) is 33.1 Å². The van der Waals surface area contributed by atoms with E-state index >= 15 is 0 Å². The number of nitrogens with one attached hydrogen (secondary N) is 1. The lowest BCUT2D eigenvalue weighted by Gasteiger charge is -2.36. The molecule has 0 radical (unpaired) electrons. The Bertz CT molecular complexity index is 175. The summed E-state index contributed by atoms with van der Waals surface area (Å²) in [6, 6.07) is 0.752. The van der Waals surface area contributed by atoms with E-state index in [9.17, 15) is 0 Å². The summed E-state index contributed by atoms with van der Waals surface area (Å²) in [6.07, 6.45) is 4.34. The quantitative estimate of drug-likeness (QED) is 0.736. The molecule has 2 heteroatoms. The minimum atomic E-state index is 0.752. The van der Waals surface area contributed by atoms with Crippen molar-refractivity contribution in [3.05, 3.63) is 0 Å². The molecular weight excluding hydrogens is 172 g/mol. The molecule has 2 aliphatic rings. The summed E-state index contributed by atoms with van der Waals surface area (Å²) in [5.74, 6) is 1.93. The van der Waals surface area contributed by atoms with Crippen molar-refractivity contribution in [2.45, 2.75) is 39.2 Å². The number of likely N-dealkylation sites (N-methyl/N-ethyl adjacent to an activating group) is 1. The summed E-state index contributed by atoms with van der Waals surface area (Å²) in [5, 5.41) is 3.60. The number of rotatable bonds is 4. The predicted molar refractivity (Wildman–Crippen MR) is 60.4 cm³/mol. The van der Waals surface area contributed by atoms with Crippen LogP contribution in [0.15, 0.2) is 0 Å². The molecule has 2 fully saturated rings. The molecule has 0 bridgehead atoms. The zero-order valence-electron chi connectivity index (χ0n) is 9.63. The Balaban J connectivity index is 1.78. The molecule has 1 saturated carbocycles. The highest BCUT2D eigenvalue weighted by Crippen LogP contribution is 2.31. The van der Waals surface area contributed by atoms with Gasteiger partial charge in [-0.1, -0.05) is 13.8 Å². The van der Waals surface area contributed by atoms with E-state index in [1.807, 2.05) is 0 Å². The Kier molecular flexibility index (Phi) is 3.45. The molecule has 14 heavy (non-hydrogen) atoms. The van der Waals surface area contributed by atoms with Gasteiger partial charge < -0.3 is 10.2 Å². The maximum absolute atomic E-state index is 3.60. The van der Waals surface area contributed by atoms with Crippen molar-refractivity contribution in [1.82, 2.24) is 10.2 Å². The normalized spacial score (nSPS) is 34.7. The highest BCUT2D eigenvalue weighted by Gasteiger charge is 2.29. The van der Waals surface area contributed by atoms with E-state index in [4.69, 9.17) is 0 Å². The molecule has 0 aromatic rings. The fourth-order valence-corrected chi connectivity index (χ4v) is 2.71. The second kappa shape index (κ2) is 4.63. The van der Waals surface area contributed by atoms with Gasteiger partial charge in [-0.2, -0.15) is 0 Å². The van der Waals surface area contributed by atoms with E-state index in [0.29, 0.717) is 0 Å². The second-order valence-electron chi connectivity index (χ2n) is 5.26. The van der Waals surface area contributed by atoms with Gasteiger partial charge in [-0.05, 0) is 37.6 Å². The first-order chi connectivity index (χ1) is 6.78. The van der Waals surface area contributed by atoms with Crippen LogP contribution in [0, 0.1) is 11.8 Å². The Morgan fingerprint density at radius 2 is 2.07 bits per heavy atom. The van der Waals surface area contributed by atoms with Gasteiger partial charge in [-0.15, -0.1) is 0 Å². The van der Waals surface area contributed by atoms with Gasteiger partial charge >= 0.3 is 0 Å². The molecular formula is C12H24N2. The average molecular weight is 196 g/mol. The molecule has 1 N–H and O–H groups in total. The van der Waals surface area contributed by atoms with Crippen LogP contribution >= 0.6 is 0 Å². The third-order valence-corrected chi connectivity index (χ3v) is 3.44. The summed E-state index contributed by atoms with van der Waals surface area (Å²) in [4.78, 5) is 2.68. The van der Waals surface area contributed by atoms with Gasteiger partial charge in [0, 0.05) is 25.7 Å². The monoisotopic (exact) mass is 196 g/mol. The van der Waals surface area contributed by atoms with Crippen molar-refractivity contribution >= 4 is 0 Å². The van der Waals surface area contributed by atoms with Crippen molar-refractivity contribution in [2.24, 2.45) is 11.8 Å². The molecule has 2 rings (SSSR count). The van der Waals surface area contributed by atoms with E-state index < -0.39 is 0 Å². The van der Waals surface area contributed by atoms with Crippen molar-refractivity contribution in [3.8, 4) is 0 Å².